The molecule has 0 bridgehead atoms. The van der Waals surface area contributed by atoms with E-state index in [-0.39, 0.29) is 24.0 Å². The normalized spacial score (nSPS) is 16.3. The minimum absolute atomic E-state index is 0. The Labute approximate surface area is 195 Å². The van der Waals surface area contributed by atoms with Gasteiger partial charge in [0.15, 0.2) is 5.96 Å². The van der Waals surface area contributed by atoms with Crippen LogP contribution in [-0.4, -0.2) is 38.9 Å². The molecule has 1 aliphatic rings. The summed E-state index contributed by atoms with van der Waals surface area (Å²) in [6, 6.07) is 10.6. The SMILES string of the molecule is CCNC(=NCc1ccc(C)cc1OCC1CCOC1)NCCc1cccs1.I. The van der Waals surface area contributed by atoms with Crippen LogP contribution in [0.15, 0.2) is 40.7 Å². The van der Waals surface area contributed by atoms with Crippen molar-refractivity contribution in [2.45, 2.75) is 33.2 Å². The maximum absolute atomic E-state index is 6.14. The second-order valence-electron chi connectivity index (χ2n) is 7.10. The number of aryl methyl sites for hydroxylation is 1. The van der Waals surface area contributed by atoms with E-state index < -0.39 is 0 Å². The zero-order valence-corrected chi connectivity index (χ0v) is 20.4. The first kappa shape index (κ1) is 24.0. The molecule has 0 aliphatic carbocycles. The molecule has 0 saturated carbocycles. The summed E-state index contributed by atoms with van der Waals surface area (Å²) in [5.41, 5.74) is 2.31. The Morgan fingerprint density at radius 2 is 2.21 bits per heavy atom. The van der Waals surface area contributed by atoms with Crippen LogP contribution in [0, 0.1) is 12.8 Å². The van der Waals surface area contributed by atoms with Gasteiger partial charge in [-0.2, -0.15) is 0 Å². The van der Waals surface area contributed by atoms with E-state index in [1.165, 1.54) is 10.4 Å². The van der Waals surface area contributed by atoms with E-state index in [1.54, 1.807) is 11.3 Å². The van der Waals surface area contributed by atoms with E-state index >= 15 is 0 Å². The molecule has 1 fully saturated rings. The summed E-state index contributed by atoms with van der Waals surface area (Å²) in [6.07, 6.45) is 2.09. The van der Waals surface area contributed by atoms with Crippen LogP contribution in [0.25, 0.3) is 0 Å². The lowest BCUT2D eigenvalue weighted by molar-refractivity contribution is 0.166. The second-order valence-corrected chi connectivity index (χ2v) is 8.14. The molecule has 5 nitrogen and oxygen atoms in total. The maximum Gasteiger partial charge on any atom is 0.191 e. The number of hydrogen-bond donors (Lipinski definition) is 2. The largest absolute Gasteiger partial charge is 0.493 e. The maximum atomic E-state index is 6.14. The van der Waals surface area contributed by atoms with Gasteiger partial charge in [-0.1, -0.05) is 18.2 Å². The molecule has 1 aliphatic heterocycles. The predicted octanol–water partition coefficient (Wildman–Crippen LogP) is 4.39. The summed E-state index contributed by atoms with van der Waals surface area (Å²) >= 11 is 1.79. The minimum atomic E-state index is 0. The fourth-order valence-electron chi connectivity index (χ4n) is 3.11. The van der Waals surface area contributed by atoms with Crippen LogP contribution in [0.5, 0.6) is 5.75 Å². The molecule has 29 heavy (non-hydrogen) atoms. The lowest BCUT2D eigenvalue weighted by atomic mass is 10.1. The summed E-state index contributed by atoms with van der Waals surface area (Å²) in [5, 5.41) is 8.87. The number of ether oxygens (including phenoxy) is 2. The Hall–Kier alpha value is -1.32. The molecule has 0 amide bonds. The van der Waals surface area contributed by atoms with E-state index in [2.05, 4.69) is 60.2 Å². The van der Waals surface area contributed by atoms with Crippen LogP contribution in [0.3, 0.4) is 0 Å². The average molecular weight is 529 g/mol. The molecule has 1 unspecified atom stereocenters. The summed E-state index contributed by atoms with van der Waals surface area (Å²) < 4.78 is 11.6. The average Bonchev–Trinajstić information content (AvgIpc) is 3.39. The predicted molar refractivity (Wildman–Crippen MR) is 132 cm³/mol. The molecule has 160 valence electrons. The van der Waals surface area contributed by atoms with Crippen molar-refractivity contribution in [1.29, 1.82) is 0 Å². The quantitative estimate of drug-likeness (QED) is 0.288. The van der Waals surface area contributed by atoms with Gasteiger partial charge >= 0.3 is 0 Å². The molecular formula is C22H32IN3O2S. The first-order chi connectivity index (χ1) is 13.7. The topological polar surface area (TPSA) is 54.9 Å². The van der Waals surface area contributed by atoms with Crippen LogP contribution < -0.4 is 15.4 Å². The number of aliphatic imine (C=N–C) groups is 1. The van der Waals surface area contributed by atoms with Gasteiger partial charge in [-0.15, -0.1) is 35.3 Å². The zero-order valence-electron chi connectivity index (χ0n) is 17.3. The standard InChI is InChI=1S/C22H31N3O2S.HI/c1-3-23-22(24-10-8-20-5-4-12-28-20)25-14-19-7-6-17(2)13-21(19)27-16-18-9-11-26-15-18;/h4-7,12-13,18H,3,8-11,14-16H2,1-2H3,(H2,23,24,25);1H. The van der Waals surface area contributed by atoms with Crippen LogP contribution in [0.4, 0.5) is 0 Å². The number of hydrogen-bond acceptors (Lipinski definition) is 4. The number of rotatable bonds is 9. The highest BCUT2D eigenvalue weighted by Gasteiger charge is 2.17. The molecule has 7 heteroatoms. The van der Waals surface area contributed by atoms with Gasteiger partial charge in [0.2, 0.25) is 0 Å². The monoisotopic (exact) mass is 529 g/mol. The molecule has 1 aromatic carbocycles. The molecule has 2 heterocycles. The van der Waals surface area contributed by atoms with Crippen LogP contribution in [0.1, 0.15) is 29.3 Å². The third-order valence-electron chi connectivity index (χ3n) is 4.72. The zero-order chi connectivity index (χ0) is 19.6. The highest BCUT2D eigenvalue weighted by atomic mass is 127. The first-order valence-electron chi connectivity index (χ1n) is 10.1. The smallest absolute Gasteiger partial charge is 0.191 e. The summed E-state index contributed by atoms with van der Waals surface area (Å²) in [4.78, 5) is 6.15. The van der Waals surface area contributed by atoms with Gasteiger partial charge in [0.1, 0.15) is 5.75 Å². The third-order valence-corrected chi connectivity index (χ3v) is 5.65. The molecule has 1 aromatic heterocycles. The third kappa shape index (κ3) is 8.14. The number of nitrogens with zero attached hydrogens (tertiary/aromatic N) is 1. The van der Waals surface area contributed by atoms with E-state index in [0.717, 1.165) is 56.4 Å². The van der Waals surface area contributed by atoms with Crippen LogP contribution in [-0.2, 0) is 17.7 Å². The fourth-order valence-corrected chi connectivity index (χ4v) is 3.82. The Morgan fingerprint density at radius 3 is 2.93 bits per heavy atom. The highest BCUT2D eigenvalue weighted by Crippen LogP contribution is 2.23. The van der Waals surface area contributed by atoms with E-state index in [9.17, 15) is 0 Å². The van der Waals surface area contributed by atoms with Gasteiger partial charge in [0, 0.05) is 36.1 Å². The Balaban J connectivity index is 0.00000300. The first-order valence-corrected chi connectivity index (χ1v) is 11.0. The molecule has 2 N–H and O–H groups in total. The number of nitrogens with one attached hydrogen (secondary N) is 2. The van der Waals surface area contributed by atoms with Crippen molar-refractivity contribution in [2.24, 2.45) is 10.9 Å². The second kappa shape index (κ2) is 13.1. The summed E-state index contributed by atoms with van der Waals surface area (Å²) in [7, 11) is 0. The van der Waals surface area contributed by atoms with Crippen molar-refractivity contribution >= 4 is 41.3 Å². The number of benzene rings is 1. The van der Waals surface area contributed by atoms with Gasteiger partial charge in [0.05, 0.1) is 19.8 Å². The molecule has 0 spiro atoms. The molecule has 2 aromatic rings. The van der Waals surface area contributed by atoms with E-state index in [1.807, 2.05) is 0 Å². The molecule has 1 atom stereocenters. The number of thiophene rings is 1. The van der Waals surface area contributed by atoms with Gasteiger partial charge < -0.3 is 20.1 Å². The van der Waals surface area contributed by atoms with Crippen molar-refractivity contribution < 1.29 is 9.47 Å². The Kier molecular flexibility index (Phi) is 10.8. The van der Waals surface area contributed by atoms with Gasteiger partial charge in [-0.05, 0) is 49.8 Å². The van der Waals surface area contributed by atoms with Crippen molar-refractivity contribution in [1.82, 2.24) is 10.6 Å². The Morgan fingerprint density at radius 1 is 1.31 bits per heavy atom. The lowest BCUT2D eigenvalue weighted by Gasteiger charge is -2.15. The molecule has 1 saturated heterocycles. The fraction of sp³-hybridized carbons (Fsp3) is 0.500. The van der Waals surface area contributed by atoms with Gasteiger partial charge in [-0.25, -0.2) is 4.99 Å². The van der Waals surface area contributed by atoms with Crippen molar-refractivity contribution in [2.75, 3.05) is 32.9 Å². The highest BCUT2D eigenvalue weighted by molar-refractivity contribution is 14.0. The molecule has 0 radical (unpaired) electrons. The summed E-state index contributed by atoms with van der Waals surface area (Å²) in [6.45, 7) is 8.83. The van der Waals surface area contributed by atoms with Crippen molar-refractivity contribution in [3.63, 3.8) is 0 Å². The Bertz CT molecular complexity index is 747. The molecular weight excluding hydrogens is 497 g/mol. The van der Waals surface area contributed by atoms with Crippen LogP contribution >= 0.6 is 35.3 Å². The number of halogens is 1. The minimum Gasteiger partial charge on any atom is -0.493 e. The lowest BCUT2D eigenvalue weighted by Crippen LogP contribution is -2.38. The van der Waals surface area contributed by atoms with E-state index in [4.69, 9.17) is 14.5 Å². The van der Waals surface area contributed by atoms with Gasteiger partial charge in [-0.3, -0.25) is 0 Å². The molecule has 3 rings (SSSR count). The van der Waals surface area contributed by atoms with Crippen LogP contribution in [0.2, 0.25) is 0 Å². The van der Waals surface area contributed by atoms with E-state index in [0.29, 0.717) is 19.1 Å². The van der Waals surface area contributed by atoms with Crippen molar-refractivity contribution in [3.05, 3.63) is 51.7 Å². The summed E-state index contributed by atoms with van der Waals surface area (Å²) in [5.74, 6) is 2.27. The van der Waals surface area contributed by atoms with Gasteiger partial charge in [0.25, 0.3) is 0 Å². The number of guanidine groups is 1. The van der Waals surface area contributed by atoms with Crippen molar-refractivity contribution in [3.8, 4) is 5.75 Å².